The van der Waals surface area contributed by atoms with E-state index in [9.17, 15) is 4.79 Å². The van der Waals surface area contributed by atoms with Gasteiger partial charge in [-0.3, -0.25) is 9.48 Å². The smallest absolute Gasteiger partial charge is 0.292 e. The number of carbonyl (C=O) groups excluding carboxylic acids is 1. The number of fused-ring (bicyclic) bond motifs is 2. The average molecular weight is 414 g/mol. The van der Waals surface area contributed by atoms with Crippen LogP contribution in [-0.4, -0.2) is 42.1 Å². The fourth-order valence-electron chi connectivity index (χ4n) is 4.10. The van der Waals surface area contributed by atoms with Gasteiger partial charge in [-0.2, -0.15) is 5.10 Å². The highest BCUT2D eigenvalue weighted by Crippen LogP contribution is 2.37. The number of oxazole rings is 1. The Bertz CT molecular complexity index is 1370. The van der Waals surface area contributed by atoms with Crippen LogP contribution in [0.4, 0.5) is 0 Å². The summed E-state index contributed by atoms with van der Waals surface area (Å²) < 4.78 is 13.6. The number of para-hydroxylation sites is 1. The lowest BCUT2D eigenvalue weighted by atomic mass is 10.00. The van der Waals surface area contributed by atoms with Crippen LogP contribution >= 0.6 is 0 Å². The third kappa shape index (κ3) is 2.85. The lowest BCUT2D eigenvalue weighted by Crippen LogP contribution is -2.40. The van der Waals surface area contributed by atoms with Crippen LogP contribution < -0.4 is 0 Å². The first kappa shape index (κ1) is 17.7. The molecule has 4 aromatic heterocycles. The number of imidazole rings is 1. The van der Waals surface area contributed by atoms with Gasteiger partial charge in [-0.15, -0.1) is 0 Å². The maximum absolute atomic E-state index is 13.5. The van der Waals surface area contributed by atoms with Gasteiger partial charge in [-0.1, -0.05) is 18.2 Å². The minimum absolute atomic E-state index is 0.166. The summed E-state index contributed by atoms with van der Waals surface area (Å²) in [5.41, 5.74) is 3.27. The number of nitrogens with one attached hydrogen (secondary N) is 1. The highest BCUT2D eigenvalue weighted by molar-refractivity contribution is 5.92. The summed E-state index contributed by atoms with van der Waals surface area (Å²) in [7, 11) is 1.81. The molecule has 0 radical (unpaired) electrons. The monoisotopic (exact) mass is 414 g/mol. The lowest BCUT2D eigenvalue weighted by Gasteiger charge is -2.33. The number of hydrogen-bond donors (Lipinski definition) is 1. The molecule has 0 saturated heterocycles. The van der Waals surface area contributed by atoms with Gasteiger partial charge in [0.05, 0.1) is 30.0 Å². The summed E-state index contributed by atoms with van der Waals surface area (Å²) in [5, 5.41) is 5.10. The Kier molecular flexibility index (Phi) is 3.82. The Morgan fingerprint density at radius 2 is 2.10 bits per heavy atom. The summed E-state index contributed by atoms with van der Waals surface area (Å²) in [6, 6.07) is 9.29. The van der Waals surface area contributed by atoms with Gasteiger partial charge in [0, 0.05) is 37.3 Å². The Morgan fingerprint density at radius 3 is 2.94 bits per heavy atom. The van der Waals surface area contributed by atoms with Crippen LogP contribution in [0, 0.1) is 0 Å². The third-order valence-corrected chi connectivity index (χ3v) is 5.57. The molecule has 0 bridgehead atoms. The van der Waals surface area contributed by atoms with Crippen molar-refractivity contribution in [3.05, 3.63) is 78.2 Å². The fraction of sp³-hybridized carbons (Fsp3) is 0.182. The third-order valence-electron chi connectivity index (χ3n) is 5.57. The molecule has 1 N–H and O–H groups in total. The number of benzene rings is 1. The fourth-order valence-corrected chi connectivity index (χ4v) is 4.10. The molecule has 1 aromatic carbocycles. The van der Waals surface area contributed by atoms with Gasteiger partial charge in [0.1, 0.15) is 17.4 Å². The summed E-state index contributed by atoms with van der Waals surface area (Å²) in [6.45, 7) is 0.499. The van der Waals surface area contributed by atoms with Crippen molar-refractivity contribution in [2.75, 3.05) is 6.54 Å². The molecule has 1 atom stereocenters. The van der Waals surface area contributed by atoms with Crippen LogP contribution in [0.15, 0.2) is 64.1 Å². The van der Waals surface area contributed by atoms with E-state index in [2.05, 4.69) is 20.1 Å². The van der Waals surface area contributed by atoms with Crippen molar-refractivity contribution in [2.45, 2.75) is 12.5 Å². The SMILES string of the molecule is Cn1cc(-c2ncc(C(=O)N3CCc4[nH]cnc4[C@H]3c3cc4ccccc4o3)o2)cn1. The molecule has 6 rings (SSSR count). The van der Waals surface area contributed by atoms with Gasteiger partial charge in [0.25, 0.3) is 5.91 Å². The molecule has 0 fully saturated rings. The lowest BCUT2D eigenvalue weighted by molar-refractivity contribution is 0.0641. The van der Waals surface area contributed by atoms with Gasteiger partial charge in [-0.25, -0.2) is 9.97 Å². The standard InChI is InChI=1S/C22H18N6O3/c1-27-11-14(9-26-27)21-23-10-18(31-21)22(29)28-7-6-15-19(25-12-24-15)20(28)17-8-13-4-2-3-5-16(13)30-17/h2-5,8-12,20H,6-7H2,1H3,(H,24,25)/t20-/m1/s1. The van der Waals surface area contributed by atoms with Crippen LogP contribution in [0.3, 0.4) is 0 Å². The summed E-state index contributed by atoms with van der Waals surface area (Å²) in [5.74, 6) is 0.921. The zero-order valence-corrected chi connectivity index (χ0v) is 16.6. The number of furan rings is 1. The summed E-state index contributed by atoms with van der Waals surface area (Å²) >= 11 is 0. The van der Waals surface area contributed by atoms with E-state index >= 15 is 0 Å². The number of carbonyl (C=O) groups is 1. The van der Waals surface area contributed by atoms with Crippen molar-refractivity contribution in [3.63, 3.8) is 0 Å². The Hall–Kier alpha value is -4.14. The van der Waals surface area contributed by atoms with Crippen LogP contribution in [0.2, 0.25) is 0 Å². The maximum Gasteiger partial charge on any atom is 0.292 e. The quantitative estimate of drug-likeness (QED) is 0.485. The van der Waals surface area contributed by atoms with Crippen LogP contribution in [0.5, 0.6) is 0 Å². The molecule has 1 amide bonds. The second kappa shape index (κ2) is 6.69. The molecule has 1 aliphatic heterocycles. The van der Waals surface area contributed by atoms with Crippen molar-refractivity contribution >= 4 is 16.9 Å². The first-order valence-electron chi connectivity index (χ1n) is 9.94. The van der Waals surface area contributed by atoms with Crippen molar-refractivity contribution in [2.24, 2.45) is 7.05 Å². The first-order valence-corrected chi connectivity index (χ1v) is 9.94. The molecule has 9 heteroatoms. The van der Waals surface area contributed by atoms with E-state index in [1.165, 1.54) is 6.20 Å². The molecular formula is C22H18N6O3. The molecule has 5 aromatic rings. The zero-order valence-electron chi connectivity index (χ0n) is 16.6. The topological polar surface area (TPSA) is 106 Å². The number of nitrogens with zero attached hydrogens (tertiary/aromatic N) is 5. The number of H-pyrrole nitrogens is 1. The number of amides is 1. The second-order valence-corrected chi connectivity index (χ2v) is 7.54. The highest BCUT2D eigenvalue weighted by atomic mass is 16.4. The highest BCUT2D eigenvalue weighted by Gasteiger charge is 2.38. The molecule has 31 heavy (non-hydrogen) atoms. The minimum Gasteiger partial charge on any atom is -0.458 e. The van der Waals surface area contributed by atoms with Crippen molar-refractivity contribution in [1.29, 1.82) is 0 Å². The summed E-state index contributed by atoms with van der Waals surface area (Å²) in [4.78, 5) is 27.2. The normalized spacial score (nSPS) is 16.0. The number of hydrogen-bond acceptors (Lipinski definition) is 6. The van der Waals surface area contributed by atoms with Crippen molar-refractivity contribution in [3.8, 4) is 11.5 Å². The van der Waals surface area contributed by atoms with Gasteiger partial charge in [0.15, 0.2) is 0 Å². The Balaban J connectivity index is 1.40. The molecule has 154 valence electrons. The number of aromatic nitrogens is 5. The maximum atomic E-state index is 13.5. The van der Waals surface area contributed by atoms with E-state index in [4.69, 9.17) is 8.83 Å². The number of rotatable bonds is 3. The van der Waals surface area contributed by atoms with Gasteiger partial charge in [0.2, 0.25) is 11.7 Å². The largest absolute Gasteiger partial charge is 0.458 e. The van der Waals surface area contributed by atoms with Crippen LogP contribution in [-0.2, 0) is 13.5 Å². The van der Waals surface area contributed by atoms with Crippen molar-refractivity contribution < 1.29 is 13.6 Å². The minimum atomic E-state index is -0.457. The number of aromatic amines is 1. The molecule has 0 spiro atoms. The molecule has 0 saturated carbocycles. The van der Waals surface area contributed by atoms with E-state index in [0.717, 1.165) is 22.4 Å². The van der Waals surface area contributed by atoms with E-state index in [1.807, 2.05) is 37.4 Å². The van der Waals surface area contributed by atoms with Crippen molar-refractivity contribution in [1.82, 2.24) is 29.6 Å². The first-order chi connectivity index (χ1) is 15.2. The molecule has 0 aliphatic carbocycles. The predicted molar refractivity (Wildman–Crippen MR) is 110 cm³/mol. The Labute approximate surface area is 176 Å². The number of aryl methyl sites for hydroxylation is 1. The van der Waals surface area contributed by atoms with Gasteiger partial charge < -0.3 is 18.7 Å². The molecule has 1 aliphatic rings. The van der Waals surface area contributed by atoms with Gasteiger partial charge >= 0.3 is 0 Å². The van der Waals surface area contributed by atoms with Crippen LogP contribution in [0.25, 0.3) is 22.4 Å². The zero-order chi connectivity index (χ0) is 20.9. The molecule has 0 unspecified atom stereocenters. The van der Waals surface area contributed by atoms with E-state index in [0.29, 0.717) is 30.2 Å². The summed E-state index contributed by atoms with van der Waals surface area (Å²) in [6.07, 6.45) is 7.22. The van der Waals surface area contributed by atoms with Crippen LogP contribution in [0.1, 0.15) is 33.7 Å². The van der Waals surface area contributed by atoms with E-state index < -0.39 is 6.04 Å². The molecule has 9 nitrogen and oxygen atoms in total. The second-order valence-electron chi connectivity index (χ2n) is 7.54. The average Bonchev–Trinajstić information content (AvgIpc) is 3.57. The predicted octanol–water partition coefficient (Wildman–Crippen LogP) is 3.33. The molecular weight excluding hydrogens is 396 g/mol. The Morgan fingerprint density at radius 1 is 1.19 bits per heavy atom. The van der Waals surface area contributed by atoms with E-state index in [-0.39, 0.29) is 11.7 Å². The molecule has 5 heterocycles. The van der Waals surface area contributed by atoms with E-state index in [1.54, 1.807) is 28.3 Å². The van der Waals surface area contributed by atoms with Gasteiger partial charge in [-0.05, 0) is 12.1 Å².